The molecule has 174 valence electrons. The minimum Gasteiger partial charge on any atom is -0.484 e. The maximum Gasteiger partial charge on any atom is 0.416 e. The van der Waals surface area contributed by atoms with E-state index < -0.39 is 21.8 Å². The van der Waals surface area contributed by atoms with E-state index in [1.54, 1.807) is 0 Å². The maximum absolute atomic E-state index is 12.8. The second-order valence-electron chi connectivity index (χ2n) is 7.59. The van der Waals surface area contributed by atoms with E-state index in [1.807, 2.05) is 7.05 Å². The summed E-state index contributed by atoms with van der Waals surface area (Å²) in [5, 5.41) is 2.91. The quantitative estimate of drug-likeness (QED) is 0.648. The second kappa shape index (κ2) is 9.78. The molecule has 0 bridgehead atoms. The first kappa shape index (κ1) is 23.9. The van der Waals surface area contributed by atoms with E-state index in [2.05, 4.69) is 14.9 Å². The molecule has 1 fully saturated rings. The number of anilines is 1. The molecule has 0 unspecified atom stereocenters. The Morgan fingerprint density at radius 3 is 2.41 bits per heavy atom. The monoisotopic (exact) mass is 471 g/mol. The molecule has 7 nitrogen and oxygen atoms in total. The van der Waals surface area contributed by atoms with Gasteiger partial charge in [0.2, 0.25) is 0 Å². The van der Waals surface area contributed by atoms with Crippen molar-refractivity contribution in [3.63, 3.8) is 0 Å². The highest BCUT2D eigenvalue weighted by atomic mass is 32.2. The molecule has 0 aliphatic carbocycles. The number of carbonyl (C=O) groups excluding carboxylic acids is 1. The zero-order valence-electron chi connectivity index (χ0n) is 17.4. The number of hydrogen-bond donors (Lipinski definition) is 2. The zero-order chi connectivity index (χ0) is 23.4. The van der Waals surface area contributed by atoms with Crippen LogP contribution in [0, 0.1) is 0 Å². The number of halogens is 3. The standard InChI is InChI=1S/C21H24F3N3O4S/c1-27-11-9-16(10-12-27)25-20(28)14-31-18-5-7-19(8-6-18)32(29,30)26-17-4-2-3-15(13-17)21(22,23)24/h2-8,13,16,26H,9-12,14H2,1H3,(H,25,28). The van der Waals surface area contributed by atoms with Crippen molar-refractivity contribution >= 4 is 21.6 Å². The molecule has 32 heavy (non-hydrogen) atoms. The van der Waals surface area contributed by atoms with Crippen molar-refractivity contribution in [3.05, 3.63) is 54.1 Å². The minimum atomic E-state index is -4.58. The number of piperidine rings is 1. The first-order chi connectivity index (χ1) is 15.0. The van der Waals surface area contributed by atoms with Gasteiger partial charge in [-0.15, -0.1) is 0 Å². The van der Waals surface area contributed by atoms with Crippen molar-refractivity contribution in [1.82, 2.24) is 10.2 Å². The van der Waals surface area contributed by atoms with Crippen molar-refractivity contribution in [2.24, 2.45) is 0 Å². The molecular formula is C21H24F3N3O4S. The summed E-state index contributed by atoms with van der Waals surface area (Å²) in [6, 6.07) is 9.29. The van der Waals surface area contributed by atoms with E-state index in [0.29, 0.717) is 5.75 Å². The van der Waals surface area contributed by atoms with E-state index in [-0.39, 0.29) is 29.1 Å². The lowest BCUT2D eigenvalue weighted by atomic mass is 10.1. The Morgan fingerprint density at radius 2 is 1.78 bits per heavy atom. The van der Waals surface area contributed by atoms with E-state index in [0.717, 1.165) is 44.1 Å². The smallest absolute Gasteiger partial charge is 0.416 e. The molecular weight excluding hydrogens is 447 g/mol. The van der Waals surface area contributed by atoms with Gasteiger partial charge in [0, 0.05) is 11.7 Å². The Labute approximate surface area is 184 Å². The Hall–Kier alpha value is -2.79. The minimum absolute atomic E-state index is 0.108. The highest BCUT2D eigenvalue weighted by molar-refractivity contribution is 7.92. The van der Waals surface area contributed by atoms with Crippen LogP contribution >= 0.6 is 0 Å². The lowest BCUT2D eigenvalue weighted by Gasteiger charge is -2.29. The summed E-state index contributed by atoms with van der Waals surface area (Å²) < 4.78 is 71.0. The first-order valence-corrected chi connectivity index (χ1v) is 11.4. The van der Waals surface area contributed by atoms with E-state index in [4.69, 9.17) is 4.74 Å². The van der Waals surface area contributed by atoms with E-state index in [9.17, 15) is 26.4 Å². The van der Waals surface area contributed by atoms with Gasteiger partial charge in [-0.05, 0) is 75.4 Å². The second-order valence-corrected chi connectivity index (χ2v) is 9.27. The number of hydrogen-bond acceptors (Lipinski definition) is 5. The van der Waals surface area contributed by atoms with Gasteiger partial charge < -0.3 is 15.0 Å². The lowest BCUT2D eigenvalue weighted by Crippen LogP contribution is -2.44. The molecule has 1 amide bonds. The lowest BCUT2D eigenvalue weighted by molar-refractivity contribution is -0.137. The van der Waals surface area contributed by atoms with Gasteiger partial charge >= 0.3 is 6.18 Å². The van der Waals surface area contributed by atoms with Crippen LogP contribution in [-0.4, -0.2) is 52.0 Å². The summed E-state index contributed by atoms with van der Waals surface area (Å²) in [6.45, 7) is 1.62. The highest BCUT2D eigenvalue weighted by Crippen LogP contribution is 2.31. The predicted octanol–water partition coefficient (Wildman–Crippen LogP) is 3.10. The van der Waals surface area contributed by atoms with Crippen LogP contribution in [0.4, 0.5) is 18.9 Å². The maximum atomic E-state index is 12.8. The van der Waals surface area contributed by atoms with Crippen LogP contribution < -0.4 is 14.8 Å². The molecule has 1 heterocycles. The number of ether oxygens (including phenoxy) is 1. The van der Waals surface area contributed by atoms with Gasteiger partial charge in [0.15, 0.2) is 6.61 Å². The van der Waals surface area contributed by atoms with Crippen LogP contribution in [0.2, 0.25) is 0 Å². The molecule has 2 aromatic carbocycles. The predicted molar refractivity (Wildman–Crippen MR) is 113 cm³/mol. The molecule has 0 atom stereocenters. The topological polar surface area (TPSA) is 87.7 Å². The fraction of sp³-hybridized carbons (Fsp3) is 0.381. The third-order valence-corrected chi connectivity index (χ3v) is 6.43. The summed E-state index contributed by atoms with van der Waals surface area (Å²) in [7, 11) is -2.08. The number of rotatable bonds is 7. The molecule has 11 heteroatoms. The van der Waals surface area contributed by atoms with Crippen molar-refractivity contribution in [1.29, 1.82) is 0 Å². The number of alkyl halides is 3. The molecule has 0 spiro atoms. The number of sulfonamides is 1. The average molecular weight is 472 g/mol. The Balaban J connectivity index is 1.56. The van der Waals surface area contributed by atoms with Crippen LogP contribution in [0.5, 0.6) is 5.75 Å². The number of nitrogens with one attached hydrogen (secondary N) is 2. The largest absolute Gasteiger partial charge is 0.484 e. The van der Waals surface area contributed by atoms with Gasteiger partial charge in [-0.3, -0.25) is 9.52 Å². The van der Waals surface area contributed by atoms with Gasteiger partial charge in [-0.1, -0.05) is 6.07 Å². The summed E-state index contributed by atoms with van der Waals surface area (Å²) in [5.74, 6) is 0.0315. The molecule has 1 aliphatic rings. The highest BCUT2D eigenvalue weighted by Gasteiger charge is 2.30. The van der Waals surface area contributed by atoms with E-state index in [1.165, 1.54) is 30.3 Å². The number of carbonyl (C=O) groups is 1. The number of nitrogens with zero attached hydrogens (tertiary/aromatic N) is 1. The zero-order valence-corrected chi connectivity index (χ0v) is 18.2. The van der Waals surface area contributed by atoms with Crippen molar-refractivity contribution in [2.75, 3.05) is 31.5 Å². The molecule has 0 radical (unpaired) electrons. The third-order valence-electron chi connectivity index (χ3n) is 5.03. The Bertz CT molecular complexity index is 1040. The Morgan fingerprint density at radius 1 is 1.12 bits per heavy atom. The molecule has 2 N–H and O–H groups in total. The summed E-state index contributed by atoms with van der Waals surface area (Å²) in [6.07, 6.45) is -2.85. The van der Waals surface area contributed by atoms with Gasteiger partial charge in [-0.2, -0.15) is 13.2 Å². The SMILES string of the molecule is CN1CCC(NC(=O)COc2ccc(S(=O)(=O)Nc3cccc(C(F)(F)F)c3)cc2)CC1. The number of benzene rings is 2. The number of likely N-dealkylation sites (tertiary alicyclic amines) is 1. The van der Waals surface area contributed by atoms with Crippen LogP contribution in [0.3, 0.4) is 0 Å². The third kappa shape index (κ3) is 6.60. The Kier molecular flexibility index (Phi) is 7.29. The van der Waals surface area contributed by atoms with Crippen molar-refractivity contribution in [3.8, 4) is 5.75 Å². The van der Waals surface area contributed by atoms with Crippen LogP contribution in [0.15, 0.2) is 53.4 Å². The fourth-order valence-electron chi connectivity index (χ4n) is 3.26. The van der Waals surface area contributed by atoms with Gasteiger partial charge in [0.05, 0.1) is 10.5 Å². The van der Waals surface area contributed by atoms with Crippen molar-refractivity contribution < 1.29 is 31.1 Å². The van der Waals surface area contributed by atoms with Gasteiger partial charge in [0.25, 0.3) is 15.9 Å². The van der Waals surface area contributed by atoms with Gasteiger partial charge in [0.1, 0.15) is 5.75 Å². The molecule has 2 aromatic rings. The van der Waals surface area contributed by atoms with Crippen LogP contribution in [0.25, 0.3) is 0 Å². The van der Waals surface area contributed by atoms with E-state index >= 15 is 0 Å². The summed E-state index contributed by atoms with van der Waals surface area (Å²) in [4.78, 5) is 14.1. The average Bonchev–Trinajstić information content (AvgIpc) is 2.73. The molecule has 1 aliphatic heterocycles. The first-order valence-electron chi connectivity index (χ1n) is 9.94. The molecule has 0 aromatic heterocycles. The van der Waals surface area contributed by atoms with Crippen molar-refractivity contribution in [2.45, 2.75) is 30.0 Å². The molecule has 1 saturated heterocycles. The molecule has 3 rings (SSSR count). The normalized spacial score (nSPS) is 15.9. The fourth-order valence-corrected chi connectivity index (χ4v) is 4.31. The van der Waals surface area contributed by atoms with Crippen LogP contribution in [0.1, 0.15) is 18.4 Å². The summed E-state index contributed by atoms with van der Waals surface area (Å²) in [5.41, 5.74) is -1.16. The molecule has 0 saturated carbocycles. The number of amides is 1. The van der Waals surface area contributed by atoms with Gasteiger partial charge in [-0.25, -0.2) is 8.42 Å². The summed E-state index contributed by atoms with van der Waals surface area (Å²) >= 11 is 0. The van der Waals surface area contributed by atoms with Crippen LogP contribution in [-0.2, 0) is 21.0 Å².